The lowest BCUT2D eigenvalue weighted by Crippen LogP contribution is -2.48. The Morgan fingerprint density at radius 3 is 2.17 bits per heavy atom. The Morgan fingerprint density at radius 1 is 1.33 bits per heavy atom. The highest BCUT2D eigenvalue weighted by Crippen LogP contribution is 2.60. The van der Waals surface area contributed by atoms with Gasteiger partial charge < -0.3 is 0 Å². The zero-order valence-corrected chi connectivity index (χ0v) is 8.98. The van der Waals surface area contributed by atoms with Gasteiger partial charge in [0.15, 0.2) is 0 Å². The molecule has 0 aromatic heterocycles. The molecule has 0 nitrogen and oxygen atoms in total. The van der Waals surface area contributed by atoms with Crippen LogP contribution >= 0.6 is 0 Å². The molecular weight excluding hydrogens is 144 g/mol. The fourth-order valence-electron chi connectivity index (χ4n) is 2.73. The maximum absolute atomic E-state index is 4.13. The van der Waals surface area contributed by atoms with Crippen molar-refractivity contribution in [2.75, 3.05) is 0 Å². The van der Waals surface area contributed by atoms with Crippen molar-refractivity contribution in [1.82, 2.24) is 0 Å². The Hall–Kier alpha value is -0.260. The van der Waals surface area contributed by atoms with Crippen LogP contribution in [0.1, 0.15) is 47.0 Å². The molecule has 2 unspecified atom stereocenters. The lowest BCUT2D eigenvalue weighted by atomic mass is 9.47. The molecule has 0 spiro atoms. The first-order valence-electron chi connectivity index (χ1n) is 5.30. The fraction of sp³-hybridized carbons (Fsp3) is 0.833. The Bertz CT molecular complexity index is 174. The first-order valence-corrected chi connectivity index (χ1v) is 5.30. The van der Waals surface area contributed by atoms with Gasteiger partial charge in [0, 0.05) is 0 Å². The summed E-state index contributed by atoms with van der Waals surface area (Å²) in [5, 5.41) is 0. The molecule has 3 aliphatic carbocycles. The summed E-state index contributed by atoms with van der Waals surface area (Å²) in [7, 11) is 0. The van der Waals surface area contributed by atoms with E-state index in [1.54, 1.807) is 0 Å². The van der Waals surface area contributed by atoms with Gasteiger partial charge in [0.1, 0.15) is 0 Å². The normalized spacial score (nSPS) is 36.2. The van der Waals surface area contributed by atoms with E-state index >= 15 is 0 Å². The maximum Gasteiger partial charge on any atom is -0.0149 e. The summed E-state index contributed by atoms with van der Waals surface area (Å²) in [6.07, 6.45) is 4.15. The van der Waals surface area contributed by atoms with Crippen LogP contribution in [0.5, 0.6) is 0 Å². The van der Waals surface area contributed by atoms with Crippen molar-refractivity contribution in [3.63, 3.8) is 0 Å². The molecule has 2 atom stereocenters. The smallest absolute Gasteiger partial charge is 0.0149 e. The highest BCUT2D eigenvalue weighted by atomic mass is 14.6. The highest BCUT2D eigenvalue weighted by molar-refractivity contribution is 5.18. The van der Waals surface area contributed by atoms with Crippen LogP contribution in [-0.2, 0) is 0 Å². The van der Waals surface area contributed by atoms with E-state index in [0.29, 0.717) is 5.41 Å². The molecule has 0 heteroatoms. The Balaban J connectivity index is 0.000000336. The van der Waals surface area contributed by atoms with Gasteiger partial charge in [0.05, 0.1) is 0 Å². The summed E-state index contributed by atoms with van der Waals surface area (Å²) in [5.41, 5.74) is 2.13. The zero-order chi connectivity index (χ0) is 9.35. The number of hydrogen-bond acceptors (Lipinski definition) is 0. The quantitative estimate of drug-likeness (QED) is 0.477. The molecule has 3 rings (SSSR count). The van der Waals surface area contributed by atoms with Crippen LogP contribution in [0.25, 0.3) is 0 Å². The van der Waals surface area contributed by atoms with Gasteiger partial charge in [-0.3, -0.25) is 0 Å². The lowest BCUT2D eigenvalue weighted by Gasteiger charge is -2.57. The van der Waals surface area contributed by atoms with Crippen molar-refractivity contribution in [3.8, 4) is 0 Å². The van der Waals surface area contributed by atoms with Gasteiger partial charge >= 0.3 is 0 Å². The largest absolute Gasteiger partial charge is 0.0996 e. The van der Waals surface area contributed by atoms with Crippen LogP contribution in [0.4, 0.5) is 0 Å². The van der Waals surface area contributed by atoms with E-state index in [0.717, 1.165) is 11.8 Å². The summed E-state index contributed by atoms with van der Waals surface area (Å²) >= 11 is 0. The first kappa shape index (κ1) is 9.83. The zero-order valence-electron chi connectivity index (χ0n) is 8.98. The molecule has 3 fully saturated rings. The highest BCUT2D eigenvalue weighted by Gasteiger charge is 2.51. The molecule has 2 bridgehead atoms. The third-order valence-corrected chi connectivity index (χ3v) is 3.78. The number of fused-ring (bicyclic) bond motifs is 2. The van der Waals surface area contributed by atoms with Crippen molar-refractivity contribution in [1.29, 1.82) is 0 Å². The minimum atomic E-state index is 0.606. The second kappa shape index (κ2) is 3.24. The van der Waals surface area contributed by atoms with E-state index in [1.807, 2.05) is 13.8 Å². The van der Waals surface area contributed by atoms with Crippen LogP contribution in [0.3, 0.4) is 0 Å². The first-order chi connectivity index (χ1) is 5.62. The minimum Gasteiger partial charge on any atom is -0.0996 e. The third kappa shape index (κ3) is 1.22. The summed E-state index contributed by atoms with van der Waals surface area (Å²) in [5.74, 6) is 1.88. The van der Waals surface area contributed by atoms with Crippen LogP contribution in [0.2, 0.25) is 0 Å². The molecular formula is C12H22. The Kier molecular flexibility index (Phi) is 2.65. The van der Waals surface area contributed by atoms with Crippen LogP contribution in [0.15, 0.2) is 12.2 Å². The molecule has 0 radical (unpaired) electrons. The summed E-state index contributed by atoms with van der Waals surface area (Å²) in [6, 6.07) is 0. The SMILES string of the molecule is C=C1CCC2CC1C2(C)C.CC. The molecule has 0 aromatic rings. The topological polar surface area (TPSA) is 0 Å². The average molecular weight is 166 g/mol. The third-order valence-electron chi connectivity index (χ3n) is 3.78. The van der Waals surface area contributed by atoms with Crippen molar-refractivity contribution >= 4 is 0 Å². The maximum atomic E-state index is 4.13. The summed E-state index contributed by atoms with van der Waals surface area (Å²) < 4.78 is 0. The number of hydrogen-bond donors (Lipinski definition) is 0. The fourth-order valence-corrected chi connectivity index (χ4v) is 2.73. The van der Waals surface area contributed by atoms with E-state index in [1.165, 1.54) is 24.8 Å². The van der Waals surface area contributed by atoms with Crippen molar-refractivity contribution in [2.24, 2.45) is 17.3 Å². The summed E-state index contributed by atoms with van der Waals surface area (Å²) in [4.78, 5) is 0. The predicted molar refractivity (Wildman–Crippen MR) is 55.1 cm³/mol. The minimum absolute atomic E-state index is 0.606. The monoisotopic (exact) mass is 166 g/mol. The molecule has 12 heavy (non-hydrogen) atoms. The molecule has 0 N–H and O–H groups in total. The second-order valence-corrected chi connectivity index (χ2v) is 4.50. The van der Waals surface area contributed by atoms with E-state index < -0.39 is 0 Å². The van der Waals surface area contributed by atoms with Crippen molar-refractivity contribution in [2.45, 2.75) is 47.0 Å². The van der Waals surface area contributed by atoms with Crippen LogP contribution in [-0.4, -0.2) is 0 Å². The summed E-state index contributed by atoms with van der Waals surface area (Å²) in [6.45, 7) is 12.9. The van der Waals surface area contributed by atoms with E-state index in [9.17, 15) is 0 Å². The molecule has 0 aliphatic heterocycles. The number of rotatable bonds is 0. The van der Waals surface area contributed by atoms with Gasteiger partial charge in [-0.15, -0.1) is 0 Å². The molecule has 0 saturated heterocycles. The number of allylic oxidation sites excluding steroid dienone is 1. The predicted octanol–water partition coefficient (Wildman–Crippen LogP) is 4.02. The molecule has 0 heterocycles. The van der Waals surface area contributed by atoms with E-state index in [4.69, 9.17) is 0 Å². The van der Waals surface area contributed by atoms with Gasteiger partial charge in [-0.1, -0.05) is 39.8 Å². The van der Waals surface area contributed by atoms with E-state index in [2.05, 4.69) is 20.4 Å². The van der Waals surface area contributed by atoms with Gasteiger partial charge in [-0.25, -0.2) is 0 Å². The van der Waals surface area contributed by atoms with Gasteiger partial charge in [-0.05, 0) is 36.5 Å². The van der Waals surface area contributed by atoms with Crippen molar-refractivity contribution in [3.05, 3.63) is 12.2 Å². The molecule has 0 aromatic carbocycles. The van der Waals surface area contributed by atoms with E-state index in [-0.39, 0.29) is 0 Å². The Labute approximate surface area is 77.1 Å². The molecule has 0 amide bonds. The standard InChI is InChI=1S/C10H16.C2H6/c1-7-4-5-8-6-9(7)10(8,2)3;1-2/h8-9H,1,4-6H2,2-3H3;1-2H3. The molecule has 3 aliphatic rings. The van der Waals surface area contributed by atoms with Gasteiger partial charge in [-0.2, -0.15) is 0 Å². The van der Waals surface area contributed by atoms with Gasteiger partial charge in [0.25, 0.3) is 0 Å². The molecule has 3 saturated carbocycles. The second-order valence-electron chi connectivity index (χ2n) is 4.50. The average Bonchev–Trinajstić information content (AvgIpc) is 2.07. The van der Waals surface area contributed by atoms with Crippen molar-refractivity contribution < 1.29 is 0 Å². The van der Waals surface area contributed by atoms with Crippen LogP contribution in [0, 0.1) is 17.3 Å². The van der Waals surface area contributed by atoms with Gasteiger partial charge in [0.2, 0.25) is 0 Å². The lowest BCUT2D eigenvalue weighted by molar-refractivity contribution is -0.0273. The van der Waals surface area contributed by atoms with Crippen LogP contribution < -0.4 is 0 Å². The molecule has 70 valence electrons. The Morgan fingerprint density at radius 2 is 1.92 bits per heavy atom.